The van der Waals surface area contributed by atoms with Crippen molar-refractivity contribution in [2.24, 2.45) is 11.8 Å². The molecule has 0 saturated heterocycles. The lowest BCUT2D eigenvalue weighted by molar-refractivity contribution is 0.288. The molecule has 2 atom stereocenters. The van der Waals surface area contributed by atoms with Gasteiger partial charge in [-0.05, 0) is 51.9 Å². The van der Waals surface area contributed by atoms with E-state index < -0.39 is 24.5 Å². The summed E-state index contributed by atoms with van der Waals surface area (Å²) in [6.45, 7) is 30.2. The molecule has 0 aromatic rings. The normalized spacial score (nSPS) is 33.4. The number of hydrogen-bond donors (Lipinski definition) is 0. The van der Waals surface area contributed by atoms with Crippen LogP contribution in [0.1, 0.15) is 40.5 Å². The average molecular weight is 451 g/mol. The third-order valence-corrected chi connectivity index (χ3v) is 17.0. The number of nitrogens with zero attached hydrogens (tertiary/aromatic N) is 2. The lowest BCUT2D eigenvalue weighted by Crippen LogP contribution is -2.65. The first-order chi connectivity index (χ1) is 13.3. The molecule has 0 aromatic carbocycles. The second-order valence-electron chi connectivity index (χ2n) is 12.2. The Labute approximate surface area is 186 Å². The van der Waals surface area contributed by atoms with Crippen LogP contribution >= 0.6 is 0 Å². The van der Waals surface area contributed by atoms with Crippen LogP contribution in [-0.2, 0) is 0 Å². The van der Waals surface area contributed by atoms with Gasteiger partial charge in [-0.1, -0.05) is 87.5 Å². The highest BCUT2D eigenvalue weighted by Gasteiger charge is 2.41. The molecular weight excluding hydrogens is 401 g/mol. The Morgan fingerprint density at radius 3 is 1.45 bits per heavy atom. The van der Waals surface area contributed by atoms with Crippen molar-refractivity contribution in [1.82, 2.24) is 9.13 Å². The SMILES string of the molecule is CCC1CN([Si](C)(C)N2C/C(C)=C\[Si](C)(C)CC(CC)C2)C/C(C)=C\[Si](C)(C)C1. The Morgan fingerprint density at radius 1 is 0.793 bits per heavy atom. The van der Waals surface area contributed by atoms with Crippen molar-refractivity contribution in [3.63, 3.8) is 0 Å². The van der Waals surface area contributed by atoms with Crippen LogP contribution in [0, 0.1) is 11.8 Å². The van der Waals surface area contributed by atoms with Crippen molar-refractivity contribution in [3.8, 4) is 0 Å². The molecule has 168 valence electrons. The molecule has 0 amide bonds. The Bertz CT molecular complexity index is 570. The highest BCUT2D eigenvalue weighted by atomic mass is 28.3. The minimum Gasteiger partial charge on any atom is -0.308 e. The van der Waals surface area contributed by atoms with E-state index in [1.807, 2.05) is 0 Å². The van der Waals surface area contributed by atoms with Gasteiger partial charge >= 0.3 is 0 Å². The fraction of sp³-hybridized carbons (Fsp3) is 0.833. The van der Waals surface area contributed by atoms with Crippen molar-refractivity contribution in [2.45, 2.75) is 91.9 Å². The highest BCUT2D eigenvalue weighted by molar-refractivity contribution is 6.82. The molecule has 29 heavy (non-hydrogen) atoms. The van der Waals surface area contributed by atoms with Gasteiger partial charge in [0.1, 0.15) is 0 Å². The molecule has 5 heteroatoms. The molecule has 2 unspecified atom stereocenters. The number of hydrogen-bond acceptors (Lipinski definition) is 2. The van der Waals surface area contributed by atoms with Gasteiger partial charge in [0.2, 0.25) is 8.40 Å². The van der Waals surface area contributed by atoms with Gasteiger partial charge in [-0.25, -0.2) is 0 Å². The van der Waals surface area contributed by atoms with E-state index in [-0.39, 0.29) is 0 Å². The van der Waals surface area contributed by atoms with E-state index in [1.165, 1.54) is 51.1 Å². The van der Waals surface area contributed by atoms with Gasteiger partial charge in [0.15, 0.2) is 0 Å². The zero-order valence-electron chi connectivity index (χ0n) is 21.4. The predicted molar refractivity (Wildman–Crippen MR) is 140 cm³/mol. The maximum atomic E-state index is 2.96. The fourth-order valence-electron chi connectivity index (χ4n) is 6.10. The molecule has 2 aliphatic heterocycles. The smallest absolute Gasteiger partial charge is 0.200 e. The lowest BCUT2D eigenvalue weighted by Gasteiger charge is -2.49. The van der Waals surface area contributed by atoms with E-state index in [4.69, 9.17) is 0 Å². The van der Waals surface area contributed by atoms with Gasteiger partial charge in [-0.2, -0.15) is 0 Å². The molecule has 0 aromatic heterocycles. The first-order valence-electron chi connectivity index (χ1n) is 12.1. The van der Waals surface area contributed by atoms with Gasteiger partial charge < -0.3 is 9.13 Å². The largest absolute Gasteiger partial charge is 0.308 e. The zero-order valence-corrected chi connectivity index (χ0v) is 24.4. The Kier molecular flexibility index (Phi) is 8.45. The maximum Gasteiger partial charge on any atom is 0.200 e. The van der Waals surface area contributed by atoms with Crippen molar-refractivity contribution in [1.29, 1.82) is 0 Å². The molecule has 0 N–H and O–H groups in total. The van der Waals surface area contributed by atoms with E-state index in [9.17, 15) is 0 Å². The molecule has 2 aliphatic rings. The molecule has 0 radical (unpaired) electrons. The first kappa shape index (κ1) is 25.3. The summed E-state index contributed by atoms with van der Waals surface area (Å²) in [4.78, 5) is 0. The average Bonchev–Trinajstić information content (AvgIpc) is 2.54. The molecule has 2 nitrogen and oxygen atoms in total. The summed E-state index contributed by atoms with van der Waals surface area (Å²) in [5, 5.41) is 0. The number of rotatable bonds is 4. The maximum absolute atomic E-state index is 2.96. The summed E-state index contributed by atoms with van der Waals surface area (Å²) in [5.74, 6) is 1.74. The fourth-order valence-corrected chi connectivity index (χ4v) is 16.1. The quantitative estimate of drug-likeness (QED) is 0.436. The third kappa shape index (κ3) is 7.03. The van der Waals surface area contributed by atoms with Gasteiger partial charge in [-0.15, -0.1) is 0 Å². The molecule has 0 saturated carbocycles. The third-order valence-electron chi connectivity index (χ3n) is 7.44. The van der Waals surface area contributed by atoms with Crippen molar-refractivity contribution in [3.05, 3.63) is 22.5 Å². The van der Waals surface area contributed by atoms with Gasteiger partial charge in [0, 0.05) is 13.1 Å². The lowest BCUT2D eigenvalue weighted by atomic mass is 10.1. The molecule has 2 rings (SSSR count). The van der Waals surface area contributed by atoms with Crippen LogP contribution in [0.15, 0.2) is 22.5 Å². The van der Waals surface area contributed by atoms with Gasteiger partial charge in [-0.3, -0.25) is 0 Å². The molecule has 0 aliphatic carbocycles. The van der Waals surface area contributed by atoms with Crippen LogP contribution in [0.5, 0.6) is 0 Å². The van der Waals surface area contributed by atoms with Gasteiger partial charge in [0.25, 0.3) is 0 Å². The summed E-state index contributed by atoms with van der Waals surface area (Å²) in [7, 11) is -4.08. The first-order valence-corrected chi connectivity index (χ1v) is 21.6. The van der Waals surface area contributed by atoms with Crippen molar-refractivity contribution >= 4 is 24.5 Å². The molecule has 0 fully saturated rings. The predicted octanol–water partition coefficient (Wildman–Crippen LogP) is 6.76. The summed E-state index contributed by atoms with van der Waals surface area (Å²) in [5.41, 5.74) is 8.70. The van der Waals surface area contributed by atoms with E-state index in [0.717, 1.165) is 11.8 Å². The van der Waals surface area contributed by atoms with E-state index in [0.29, 0.717) is 0 Å². The van der Waals surface area contributed by atoms with Crippen molar-refractivity contribution < 1.29 is 0 Å². The summed E-state index contributed by atoms with van der Waals surface area (Å²) >= 11 is 0. The van der Waals surface area contributed by atoms with Crippen molar-refractivity contribution in [2.75, 3.05) is 26.2 Å². The van der Waals surface area contributed by atoms with Gasteiger partial charge in [0.05, 0.1) is 16.1 Å². The summed E-state index contributed by atoms with van der Waals surface area (Å²) < 4.78 is 5.92. The van der Waals surface area contributed by atoms with Crippen LogP contribution in [0.3, 0.4) is 0 Å². The van der Waals surface area contributed by atoms with Crippen LogP contribution < -0.4 is 0 Å². The minimum atomic E-state index is -1.69. The summed E-state index contributed by atoms with van der Waals surface area (Å²) in [6, 6.07) is 2.91. The molecule has 0 spiro atoms. The van der Waals surface area contributed by atoms with Crippen LogP contribution in [-0.4, -0.2) is 59.9 Å². The van der Waals surface area contributed by atoms with Crippen LogP contribution in [0.25, 0.3) is 0 Å². The highest BCUT2D eigenvalue weighted by Crippen LogP contribution is 2.32. The second kappa shape index (κ2) is 9.68. The van der Waals surface area contributed by atoms with Crippen LogP contribution in [0.4, 0.5) is 0 Å². The zero-order chi connectivity index (χ0) is 22.0. The second-order valence-corrected chi connectivity index (χ2v) is 25.8. The topological polar surface area (TPSA) is 6.48 Å². The Morgan fingerprint density at radius 2 is 1.14 bits per heavy atom. The molecular formula is C24H50N2Si3. The van der Waals surface area contributed by atoms with E-state index in [2.05, 4.69) is 87.5 Å². The molecule has 0 bridgehead atoms. The Hall–Kier alpha value is 0.0506. The summed E-state index contributed by atoms with van der Waals surface area (Å²) in [6.07, 6.45) is 2.67. The van der Waals surface area contributed by atoms with E-state index in [1.54, 1.807) is 11.1 Å². The van der Waals surface area contributed by atoms with E-state index >= 15 is 0 Å². The van der Waals surface area contributed by atoms with Crippen LogP contribution in [0.2, 0.25) is 51.4 Å². The molecule has 2 heterocycles. The standard InChI is InChI=1S/C24H50N2Si3/c1-11-23-15-25(13-21(3)17-27(5,6)19-23)29(9,10)26-14-22(4)18-28(7,8)20-24(12-2)16-26/h17-18,23-24H,11-16,19-20H2,1-10H3/b21-17-,22-18-. The Balaban J connectivity index is 2.35. The monoisotopic (exact) mass is 450 g/mol. The minimum absolute atomic E-state index is 0.868.